The molecule has 0 aliphatic heterocycles. The molecule has 24 heavy (non-hydrogen) atoms. The SMILES string of the molecule is C[C@H]1CCCC[C@H]1NC(=O)COC(=O)c1ccc(Cl)cc1[N+](=O)[O-]. The Morgan fingerprint density at radius 3 is 2.75 bits per heavy atom. The highest BCUT2D eigenvalue weighted by Crippen LogP contribution is 2.25. The van der Waals surface area contributed by atoms with Gasteiger partial charge in [-0.15, -0.1) is 0 Å². The van der Waals surface area contributed by atoms with Crippen LogP contribution >= 0.6 is 11.6 Å². The Morgan fingerprint density at radius 1 is 1.38 bits per heavy atom. The van der Waals surface area contributed by atoms with E-state index < -0.39 is 29.1 Å². The molecule has 0 aromatic heterocycles. The molecule has 1 saturated carbocycles. The van der Waals surface area contributed by atoms with Crippen molar-refractivity contribution in [3.8, 4) is 0 Å². The van der Waals surface area contributed by atoms with Crippen LogP contribution in [0.2, 0.25) is 5.02 Å². The van der Waals surface area contributed by atoms with Crippen LogP contribution in [-0.4, -0.2) is 29.4 Å². The summed E-state index contributed by atoms with van der Waals surface area (Å²) in [6, 6.07) is 3.72. The predicted molar refractivity (Wildman–Crippen MR) is 88.0 cm³/mol. The van der Waals surface area contributed by atoms with E-state index in [1.807, 2.05) is 0 Å². The van der Waals surface area contributed by atoms with Crippen LogP contribution < -0.4 is 5.32 Å². The summed E-state index contributed by atoms with van der Waals surface area (Å²) in [6.07, 6.45) is 4.18. The molecular formula is C16H19ClN2O5. The highest BCUT2D eigenvalue weighted by atomic mass is 35.5. The summed E-state index contributed by atoms with van der Waals surface area (Å²) in [7, 11) is 0. The maximum Gasteiger partial charge on any atom is 0.345 e. The summed E-state index contributed by atoms with van der Waals surface area (Å²) in [6.45, 7) is 1.61. The van der Waals surface area contributed by atoms with Crippen LogP contribution in [0.1, 0.15) is 43.0 Å². The average molecular weight is 355 g/mol. The van der Waals surface area contributed by atoms with E-state index in [9.17, 15) is 19.7 Å². The molecule has 0 heterocycles. The van der Waals surface area contributed by atoms with Crippen molar-refractivity contribution >= 4 is 29.2 Å². The van der Waals surface area contributed by atoms with Crippen LogP contribution in [0.3, 0.4) is 0 Å². The van der Waals surface area contributed by atoms with Crippen LogP contribution in [0, 0.1) is 16.0 Å². The van der Waals surface area contributed by atoms with Gasteiger partial charge in [0.2, 0.25) is 0 Å². The number of halogens is 1. The minimum atomic E-state index is -0.926. The molecule has 7 nitrogen and oxygen atoms in total. The van der Waals surface area contributed by atoms with E-state index in [2.05, 4.69) is 12.2 Å². The van der Waals surface area contributed by atoms with Gasteiger partial charge in [-0.3, -0.25) is 14.9 Å². The molecule has 1 aromatic carbocycles. The molecule has 2 atom stereocenters. The van der Waals surface area contributed by atoms with E-state index in [4.69, 9.17) is 16.3 Å². The van der Waals surface area contributed by atoms with E-state index in [0.717, 1.165) is 31.7 Å². The molecule has 1 aliphatic carbocycles. The van der Waals surface area contributed by atoms with Gasteiger partial charge in [0.05, 0.1) is 4.92 Å². The quantitative estimate of drug-likeness (QED) is 0.497. The molecule has 1 amide bonds. The molecular weight excluding hydrogens is 336 g/mol. The zero-order valence-electron chi connectivity index (χ0n) is 13.3. The van der Waals surface area contributed by atoms with Crippen LogP contribution in [0.5, 0.6) is 0 Å². The number of nitrogens with zero attached hydrogens (tertiary/aromatic N) is 1. The van der Waals surface area contributed by atoms with Crippen LogP contribution in [0.25, 0.3) is 0 Å². The van der Waals surface area contributed by atoms with Crippen molar-refractivity contribution < 1.29 is 19.2 Å². The Hall–Kier alpha value is -2.15. The van der Waals surface area contributed by atoms with Crippen molar-refractivity contribution in [1.82, 2.24) is 5.32 Å². The average Bonchev–Trinajstić information content (AvgIpc) is 2.54. The molecule has 1 aliphatic rings. The van der Waals surface area contributed by atoms with Gasteiger partial charge in [-0.05, 0) is 30.9 Å². The van der Waals surface area contributed by atoms with Gasteiger partial charge in [-0.2, -0.15) is 0 Å². The summed E-state index contributed by atoms with van der Waals surface area (Å²) >= 11 is 5.69. The standard InChI is InChI=1S/C16H19ClN2O5/c1-10-4-2-3-5-13(10)18-15(20)9-24-16(21)12-7-6-11(17)8-14(12)19(22)23/h6-8,10,13H,2-5,9H2,1H3,(H,18,20)/t10-,13+/m0/s1. The molecule has 1 N–H and O–H groups in total. The Balaban J connectivity index is 1.93. The lowest BCUT2D eigenvalue weighted by atomic mass is 9.86. The van der Waals surface area contributed by atoms with Gasteiger partial charge in [0.1, 0.15) is 5.56 Å². The molecule has 1 fully saturated rings. The third-order valence-electron chi connectivity index (χ3n) is 4.17. The first-order valence-corrected chi connectivity index (χ1v) is 8.16. The molecule has 130 valence electrons. The zero-order valence-corrected chi connectivity index (χ0v) is 14.0. The zero-order chi connectivity index (χ0) is 17.7. The monoisotopic (exact) mass is 354 g/mol. The number of hydrogen-bond donors (Lipinski definition) is 1. The van der Waals surface area contributed by atoms with E-state index in [-0.39, 0.29) is 16.6 Å². The highest BCUT2D eigenvalue weighted by molar-refractivity contribution is 6.31. The third kappa shape index (κ3) is 4.67. The van der Waals surface area contributed by atoms with E-state index in [1.54, 1.807) is 0 Å². The maximum atomic E-state index is 12.0. The smallest absolute Gasteiger partial charge is 0.345 e. The van der Waals surface area contributed by atoms with Crippen LogP contribution in [0.15, 0.2) is 18.2 Å². The van der Waals surface area contributed by atoms with E-state index >= 15 is 0 Å². The van der Waals surface area contributed by atoms with Crippen molar-refractivity contribution in [1.29, 1.82) is 0 Å². The molecule has 0 unspecified atom stereocenters. The maximum absolute atomic E-state index is 12.0. The van der Waals surface area contributed by atoms with Gasteiger partial charge in [0, 0.05) is 17.1 Å². The first kappa shape index (κ1) is 18.2. The topological polar surface area (TPSA) is 98.5 Å². The predicted octanol–water partition coefficient (Wildman–Crippen LogP) is 3.10. The molecule has 0 spiro atoms. The second kappa shape index (κ2) is 8.10. The van der Waals surface area contributed by atoms with Crippen molar-refractivity contribution in [2.75, 3.05) is 6.61 Å². The molecule has 8 heteroatoms. The van der Waals surface area contributed by atoms with Gasteiger partial charge in [0.25, 0.3) is 11.6 Å². The largest absolute Gasteiger partial charge is 0.452 e. The molecule has 0 bridgehead atoms. The van der Waals surface area contributed by atoms with Gasteiger partial charge in [-0.25, -0.2) is 4.79 Å². The summed E-state index contributed by atoms with van der Waals surface area (Å²) in [5, 5.41) is 14.0. The summed E-state index contributed by atoms with van der Waals surface area (Å²) in [5.74, 6) is -0.945. The third-order valence-corrected chi connectivity index (χ3v) is 4.40. The van der Waals surface area contributed by atoms with Crippen LogP contribution in [-0.2, 0) is 9.53 Å². The van der Waals surface area contributed by atoms with Crippen molar-refractivity contribution in [3.63, 3.8) is 0 Å². The lowest BCUT2D eigenvalue weighted by molar-refractivity contribution is -0.385. The van der Waals surface area contributed by atoms with E-state index in [1.165, 1.54) is 12.1 Å². The first-order valence-electron chi connectivity index (χ1n) is 7.79. The Labute approximate surface area is 144 Å². The Morgan fingerprint density at radius 2 is 2.08 bits per heavy atom. The van der Waals surface area contributed by atoms with Crippen LogP contribution in [0.4, 0.5) is 5.69 Å². The summed E-state index contributed by atoms with van der Waals surface area (Å²) in [5.41, 5.74) is -0.683. The summed E-state index contributed by atoms with van der Waals surface area (Å²) in [4.78, 5) is 34.2. The summed E-state index contributed by atoms with van der Waals surface area (Å²) < 4.78 is 4.90. The minimum Gasteiger partial charge on any atom is -0.452 e. The number of nitrogens with one attached hydrogen (secondary N) is 1. The van der Waals surface area contributed by atoms with Crippen molar-refractivity contribution in [2.24, 2.45) is 5.92 Å². The number of esters is 1. The number of benzene rings is 1. The number of amides is 1. The fourth-order valence-electron chi connectivity index (χ4n) is 2.82. The fraction of sp³-hybridized carbons (Fsp3) is 0.500. The Kier molecular flexibility index (Phi) is 6.14. The lowest BCUT2D eigenvalue weighted by Gasteiger charge is -2.29. The Bertz CT molecular complexity index is 649. The number of carbonyl (C=O) groups excluding carboxylic acids is 2. The molecule has 1 aromatic rings. The van der Waals surface area contributed by atoms with Gasteiger partial charge in [0.15, 0.2) is 6.61 Å². The number of nitro benzene ring substituents is 1. The van der Waals surface area contributed by atoms with Crippen molar-refractivity contribution in [3.05, 3.63) is 38.9 Å². The number of nitro groups is 1. The molecule has 0 saturated heterocycles. The van der Waals surface area contributed by atoms with Crippen molar-refractivity contribution in [2.45, 2.75) is 38.6 Å². The number of rotatable bonds is 5. The molecule has 2 rings (SSSR count). The second-order valence-corrected chi connectivity index (χ2v) is 6.37. The number of ether oxygens (including phenoxy) is 1. The van der Waals surface area contributed by atoms with Gasteiger partial charge in [-0.1, -0.05) is 31.4 Å². The fourth-order valence-corrected chi connectivity index (χ4v) is 2.98. The van der Waals surface area contributed by atoms with E-state index in [0.29, 0.717) is 5.92 Å². The highest BCUT2D eigenvalue weighted by Gasteiger charge is 2.25. The normalized spacial score (nSPS) is 20.2. The molecule has 0 radical (unpaired) electrons. The van der Waals surface area contributed by atoms with Gasteiger partial charge >= 0.3 is 5.97 Å². The second-order valence-electron chi connectivity index (χ2n) is 5.93. The number of hydrogen-bond acceptors (Lipinski definition) is 5. The minimum absolute atomic E-state index is 0.0785. The lowest BCUT2D eigenvalue weighted by Crippen LogP contribution is -2.42. The number of carbonyl (C=O) groups is 2. The van der Waals surface area contributed by atoms with Gasteiger partial charge < -0.3 is 10.1 Å². The first-order chi connectivity index (χ1) is 11.4.